The van der Waals surface area contributed by atoms with E-state index in [1.807, 2.05) is 0 Å². The summed E-state index contributed by atoms with van der Waals surface area (Å²) < 4.78 is 28.1. The molecule has 7 heteroatoms. The number of unbranched alkanes of at least 4 members (excludes halogenated alkanes) is 1. The van der Waals surface area contributed by atoms with Gasteiger partial charge in [0.05, 0.1) is 33.4 Å². The Hall–Kier alpha value is -2.57. The number of fused-ring (bicyclic) bond motifs is 3. The van der Waals surface area contributed by atoms with E-state index in [4.69, 9.17) is 18.6 Å². The highest BCUT2D eigenvalue weighted by atomic mass is 16.7. The molecular formula is C34H43B2NO4. The molecular weight excluding hydrogens is 508 g/mol. The molecule has 0 saturated carbocycles. The van der Waals surface area contributed by atoms with E-state index < -0.39 is 36.6 Å². The van der Waals surface area contributed by atoms with E-state index in [-0.39, 0.29) is 0 Å². The molecule has 0 radical (unpaired) electrons. The molecule has 0 aliphatic carbocycles. The van der Waals surface area contributed by atoms with Crippen molar-refractivity contribution < 1.29 is 18.6 Å². The lowest BCUT2D eigenvalue weighted by Crippen LogP contribution is -2.41. The third-order valence-electron chi connectivity index (χ3n) is 9.88. The van der Waals surface area contributed by atoms with Gasteiger partial charge in [0.2, 0.25) is 0 Å². The summed E-state index contributed by atoms with van der Waals surface area (Å²) >= 11 is 0. The van der Waals surface area contributed by atoms with Crippen LogP contribution < -0.4 is 10.9 Å². The van der Waals surface area contributed by atoms with Gasteiger partial charge in [-0.25, -0.2) is 0 Å². The van der Waals surface area contributed by atoms with Crippen molar-refractivity contribution in [3.63, 3.8) is 0 Å². The molecule has 214 valence electrons. The molecule has 0 atom stereocenters. The summed E-state index contributed by atoms with van der Waals surface area (Å²) in [5.74, 6) is 0. The van der Waals surface area contributed by atoms with E-state index in [1.165, 1.54) is 18.4 Å². The van der Waals surface area contributed by atoms with E-state index in [9.17, 15) is 0 Å². The van der Waals surface area contributed by atoms with Crippen molar-refractivity contribution in [1.82, 2.24) is 4.57 Å². The number of hydrogen-bond acceptors (Lipinski definition) is 4. The highest BCUT2D eigenvalue weighted by Crippen LogP contribution is 2.39. The van der Waals surface area contributed by atoms with Crippen molar-refractivity contribution in [3.05, 3.63) is 66.2 Å². The first kappa shape index (κ1) is 28.5. The maximum atomic E-state index is 6.43. The van der Waals surface area contributed by atoms with Crippen LogP contribution in [0.4, 0.5) is 0 Å². The molecule has 0 bridgehead atoms. The first-order chi connectivity index (χ1) is 19.2. The minimum Gasteiger partial charge on any atom is -0.399 e. The monoisotopic (exact) mass is 551 g/mol. The second kappa shape index (κ2) is 9.74. The summed E-state index contributed by atoms with van der Waals surface area (Å²) in [6.45, 7) is 19.0. The van der Waals surface area contributed by atoms with E-state index in [0.717, 1.165) is 44.8 Å². The SMILES string of the molecule is CCCCc1ccc(-n2c3ccc(B4OC(C)(C)C(C)(C)O4)cc3c3cc(B4OC(C)(C)C(C)(C)O4)ccc32)cc1. The minimum atomic E-state index is -0.424. The van der Waals surface area contributed by atoms with Crippen LogP contribution in [-0.2, 0) is 25.0 Å². The van der Waals surface area contributed by atoms with Crippen LogP contribution in [-0.4, -0.2) is 41.2 Å². The molecule has 3 aromatic carbocycles. The van der Waals surface area contributed by atoms with Gasteiger partial charge >= 0.3 is 14.2 Å². The summed E-state index contributed by atoms with van der Waals surface area (Å²) in [5, 5.41) is 2.31. The Morgan fingerprint density at radius 1 is 0.585 bits per heavy atom. The van der Waals surface area contributed by atoms with E-state index >= 15 is 0 Å². The molecule has 1 aromatic heterocycles. The quantitative estimate of drug-likeness (QED) is 0.250. The highest BCUT2D eigenvalue weighted by Gasteiger charge is 2.53. The van der Waals surface area contributed by atoms with Crippen molar-refractivity contribution in [2.45, 2.75) is 104 Å². The predicted octanol–water partition coefficient (Wildman–Crippen LogP) is 6.72. The van der Waals surface area contributed by atoms with E-state index in [2.05, 4.69) is 128 Å². The Bertz CT molecular complexity index is 1480. The molecule has 5 nitrogen and oxygen atoms in total. The van der Waals surface area contributed by atoms with Crippen LogP contribution in [0, 0.1) is 0 Å². The lowest BCUT2D eigenvalue weighted by atomic mass is 9.77. The molecule has 2 aliphatic heterocycles. The largest absolute Gasteiger partial charge is 0.494 e. The van der Waals surface area contributed by atoms with Crippen molar-refractivity contribution in [1.29, 1.82) is 0 Å². The topological polar surface area (TPSA) is 41.9 Å². The molecule has 2 aliphatic rings. The molecule has 41 heavy (non-hydrogen) atoms. The second-order valence-corrected chi connectivity index (χ2v) is 13.8. The number of aryl methyl sites for hydroxylation is 1. The zero-order valence-corrected chi connectivity index (χ0v) is 26.1. The first-order valence-electron chi connectivity index (χ1n) is 15.1. The van der Waals surface area contributed by atoms with Gasteiger partial charge in [0.25, 0.3) is 0 Å². The number of hydrogen-bond donors (Lipinski definition) is 0. The van der Waals surface area contributed by atoms with E-state index in [0.29, 0.717) is 0 Å². The first-order valence-corrected chi connectivity index (χ1v) is 15.1. The van der Waals surface area contributed by atoms with Crippen LogP contribution in [0.15, 0.2) is 60.7 Å². The van der Waals surface area contributed by atoms with Gasteiger partial charge in [0.15, 0.2) is 0 Å². The second-order valence-electron chi connectivity index (χ2n) is 13.8. The van der Waals surface area contributed by atoms with Crippen LogP contribution >= 0.6 is 0 Å². The predicted molar refractivity (Wildman–Crippen MR) is 171 cm³/mol. The lowest BCUT2D eigenvalue weighted by Gasteiger charge is -2.32. The number of nitrogens with zero attached hydrogens (tertiary/aromatic N) is 1. The Balaban J connectivity index is 1.49. The summed E-state index contributed by atoms with van der Waals surface area (Å²) in [7, 11) is -0.848. The Morgan fingerprint density at radius 2 is 1.00 bits per heavy atom. The van der Waals surface area contributed by atoms with Crippen LogP contribution in [0.1, 0.15) is 80.7 Å². The maximum Gasteiger partial charge on any atom is 0.494 e. The molecule has 2 saturated heterocycles. The van der Waals surface area contributed by atoms with Gasteiger partial charge in [-0.05, 0) is 109 Å². The molecule has 4 aromatic rings. The van der Waals surface area contributed by atoms with Crippen LogP contribution in [0.3, 0.4) is 0 Å². The fourth-order valence-electron chi connectivity index (χ4n) is 5.78. The normalized spacial score (nSPS) is 20.9. The Kier molecular flexibility index (Phi) is 6.78. The average molecular weight is 551 g/mol. The smallest absolute Gasteiger partial charge is 0.399 e. The number of rotatable bonds is 6. The van der Waals surface area contributed by atoms with Gasteiger partial charge < -0.3 is 23.2 Å². The van der Waals surface area contributed by atoms with Crippen LogP contribution in [0.5, 0.6) is 0 Å². The summed E-state index contributed by atoms with van der Waals surface area (Å²) in [5.41, 5.74) is 5.26. The average Bonchev–Trinajstić information content (AvgIpc) is 3.44. The Morgan fingerprint density at radius 3 is 1.39 bits per heavy atom. The zero-order chi connectivity index (χ0) is 29.4. The summed E-state index contributed by atoms with van der Waals surface area (Å²) in [4.78, 5) is 0. The molecule has 0 N–H and O–H groups in total. The lowest BCUT2D eigenvalue weighted by molar-refractivity contribution is 0.00578. The minimum absolute atomic E-state index is 0.399. The van der Waals surface area contributed by atoms with E-state index in [1.54, 1.807) is 0 Å². The molecule has 0 spiro atoms. The van der Waals surface area contributed by atoms with Crippen LogP contribution in [0.2, 0.25) is 0 Å². The molecule has 6 rings (SSSR count). The van der Waals surface area contributed by atoms with Crippen molar-refractivity contribution in [3.8, 4) is 5.69 Å². The van der Waals surface area contributed by atoms with Gasteiger partial charge in [0.1, 0.15) is 0 Å². The van der Waals surface area contributed by atoms with Gasteiger partial charge in [0, 0.05) is 16.5 Å². The maximum absolute atomic E-state index is 6.43. The third kappa shape index (κ3) is 4.75. The fraction of sp³-hybridized carbons (Fsp3) is 0.471. The number of aromatic nitrogens is 1. The van der Waals surface area contributed by atoms with Crippen molar-refractivity contribution in [2.24, 2.45) is 0 Å². The molecule has 2 fully saturated rings. The zero-order valence-electron chi connectivity index (χ0n) is 26.1. The molecule has 3 heterocycles. The molecule has 0 unspecified atom stereocenters. The van der Waals surface area contributed by atoms with Crippen molar-refractivity contribution >= 4 is 47.0 Å². The van der Waals surface area contributed by atoms with Gasteiger partial charge in [-0.2, -0.15) is 0 Å². The Labute approximate surface area is 245 Å². The van der Waals surface area contributed by atoms with Gasteiger partial charge in [-0.15, -0.1) is 0 Å². The van der Waals surface area contributed by atoms with Gasteiger partial charge in [-0.3, -0.25) is 0 Å². The summed E-state index contributed by atoms with van der Waals surface area (Å²) in [6.07, 6.45) is 3.52. The third-order valence-corrected chi connectivity index (χ3v) is 9.88. The summed E-state index contributed by atoms with van der Waals surface area (Å²) in [6, 6.07) is 22.2. The standard InChI is InChI=1S/C34H43B2NO4/c1-10-11-12-23-13-17-26(18-14-23)37-29-19-15-24(35-38-31(2,3)32(4,5)39-35)21-27(29)28-22-25(16-20-30(28)37)36-40-33(6,7)34(8,9)41-36/h13-22H,10-12H2,1-9H3. The molecule has 0 amide bonds. The number of benzene rings is 3. The fourth-order valence-corrected chi connectivity index (χ4v) is 5.78. The van der Waals surface area contributed by atoms with Crippen molar-refractivity contribution in [2.75, 3.05) is 0 Å². The van der Waals surface area contributed by atoms with Crippen LogP contribution in [0.25, 0.3) is 27.5 Å². The highest BCUT2D eigenvalue weighted by molar-refractivity contribution is 6.63. The van der Waals surface area contributed by atoms with Gasteiger partial charge in [-0.1, -0.05) is 49.7 Å².